The van der Waals surface area contributed by atoms with Crippen LogP contribution in [0.5, 0.6) is 0 Å². The van der Waals surface area contributed by atoms with E-state index in [-0.39, 0.29) is 49.7 Å². The number of benzene rings is 1. The first-order valence-electron chi connectivity index (χ1n) is 9.76. The van der Waals surface area contributed by atoms with E-state index in [1.54, 1.807) is 16.9 Å². The molecule has 11 heteroatoms. The zero-order valence-corrected chi connectivity index (χ0v) is 19.4. The lowest BCUT2D eigenvalue weighted by Crippen LogP contribution is -2.43. The normalized spacial score (nSPS) is 15.8. The maximum absolute atomic E-state index is 13.3. The summed E-state index contributed by atoms with van der Waals surface area (Å²) in [6.07, 6.45) is -0.0661. The number of hydrogen-bond donors (Lipinski definition) is 0. The van der Waals surface area contributed by atoms with Gasteiger partial charge in [-0.1, -0.05) is 11.6 Å². The van der Waals surface area contributed by atoms with Crippen molar-refractivity contribution in [2.45, 2.75) is 32.5 Å². The highest BCUT2D eigenvalue weighted by Gasteiger charge is 2.36. The highest BCUT2D eigenvalue weighted by atomic mass is 35.5. The van der Waals surface area contributed by atoms with E-state index in [1.165, 1.54) is 23.4 Å². The van der Waals surface area contributed by atoms with Crippen molar-refractivity contribution >= 4 is 42.5 Å². The fraction of sp³-hybridized carbons (Fsp3) is 0.273. The van der Waals surface area contributed by atoms with Crippen LogP contribution in [0.3, 0.4) is 0 Å². The van der Waals surface area contributed by atoms with E-state index in [9.17, 15) is 22.8 Å². The number of nitrogens with zero attached hydrogens (tertiary/aromatic N) is 4. The number of halogens is 4. The molecule has 1 aromatic carbocycles. The van der Waals surface area contributed by atoms with E-state index >= 15 is 0 Å². The summed E-state index contributed by atoms with van der Waals surface area (Å²) in [5.41, 5.74) is 1.20. The van der Waals surface area contributed by atoms with Crippen molar-refractivity contribution < 1.29 is 22.8 Å². The molecule has 0 spiro atoms. The summed E-state index contributed by atoms with van der Waals surface area (Å²) in [6, 6.07) is 4.66. The Bertz CT molecular complexity index is 1230. The van der Waals surface area contributed by atoms with Crippen LogP contribution in [0.15, 0.2) is 42.9 Å². The summed E-state index contributed by atoms with van der Waals surface area (Å²) in [7, 11) is 0. The fourth-order valence-corrected chi connectivity index (χ4v) is 4.04. The Labute approximate surface area is 199 Å². The second-order valence-corrected chi connectivity index (χ2v) is 8.15. The van der Waals surface area contributed by atoms with Crippen LogP contribution >= 0.6 is 25.1 Å². The molecule has 3 aromatic rings. The summed E-state index contributed by atoms with van der Waals surface area (Å²) < 4.78 is 40.7. The lowest BCUT2D eigenvalue weighted by Gasteiger charge is -2.32. The molecule has 2 aromatic heterocycles. The summed E-state index contributed by atoms with van der Waals surface area (Å²) in [6.45, 7) is 3.85. The van der Waals surface area contributed by atoms with Crippen molar-refractivity contribution in [3.63, 3.8) is 0 Å². The van der Waals surface area contributed by atoms with Crippen LogP contribution in [0.2, 0.25) is 5.02 Å². The zero-order valence-electron chi connectivity index (χ0n) is 17.7. The summed E-state index contributed by atoms with van der Waals surface area (Å²) >= 11 is 5.85. The van der Waals surface area contributed by atoms with Crippen LogP contribution < -0.4 is 4.90 Å². The molecule has 0 unspecified atom stereocenters. The average molecular weight is 497 g/mol. The number of amides is 1. The molecule has 0 saturated carbocycles. The molecule has 0 radical (unpaired) electrons. The molecule has 1 amide bonds. The number of carbonyl (C=O) groups excluding carboxylic acids is 2. The van der Waals surface area contributed by atoms with Crippen LogP contribution in [0, 0.1) is 6.92 Å². The van der Waals surface area contributed by atoms with E-state index < -0.39 is 22.7 Å². The molecule has 0 fully saturated rings. The molecule has 3 heterocycles. The van der Waals surface area contributed by atoms with Gasteiger partial charge in [0.2, 0.25) is 0 Å². The lowest BCUT2D eigenvalue weighted by atomic mass is 10.0. The Balaban J connectivity index is 0.00000306. The summed E-state index contributed by atoms with van der Waals surface area (Å²) in [4.78, 5) is 31.4. The van der Waals surface area contributed by atoms with Crippen molar-refractivity contribution in [3.8, 4) is 0 Å². The van der Waals surface area contributed by atoms with Crippen molar-refractivity contribution in [2.75, 3.05) is 11.4 Å². The predicted octanol–water partition coefficient (Wildman–Crippen LogP) is 5.02. The molecule has 33 heavy (non-hydrogen) atoms. The van der Waals surface area contributed by atoms with E-state index in [0.717, 1.165) is 17.7 Å². The van der Waals surface area contributed by atoms with Gasteiger partial charge < -0.3 is 4.90 Å². The highest BCUT2D eigenvalue weighted by Crippen LogP contribution is 2.37. The number of ketones is 1. The smallest absolute Gasteiger partial charge is 0.305 e. The van der Waals surface area contributed by atoms with Gasteiger partial charge in [0, 0.05) is 42.2 Å². The van der Waals surface area contributed by atoms with Gasteiger partial charge in [-0.15, -0.1) is 0 Å². The van der Waals surface area contributed by atoms with Gasteiger partial charge in [-0.25, -0.2) is 0 Å². The number of aryl methyl sites for hydroxylation is 1. The van der Waals surface area contributed by atoms with Crippen LogP contribution in [0.25, 0.3) is 0 Å². The first kappa shape index (κ1) is 24.8. The number of rotatable bonds is 4. The maximum atomic E-state index is 13.3. The number of hydrogen-bond acceptors (Lipinski definition) is 4. The lowest BCUT2D eigenvalue weighted by molar-refractivity contribution is -0.137. The van der Waals surface area contributed by atoms with Crippen LogP contribution in [-0.2, 0) is 12.6 Å². The Morgan fingerprint density at radius 1 is 1.21 bits per heavy atom. The molecule has 0 aliphatic carbocycles. The highest BCUT2D eigenvalue weighted by molar-refractivity contribution is 7.59. The van der Waals surface area contributed by atoms with Gasteiger partial charge >= 0.3 is 6.18 Å². The van der Waals surface area contributed by atoms with E-state index in [1.807, 2.05) is 13.8 Å². The zero-order chi connectivity index (χ0) is 23.2. The Morgan fingerprint density at radius 2 is 1.94 bits per heavy atom. The molecule has 4 rings (SSSR count). The number of aromatic nitrogens is 3. The van der Waals surface area contributed by atoms with Crippen LogP contribution in [0.1, 0.15) is 50.5 Å². The van der Waals surface area contributed by atoms with Gasteiger partial charge in [0.25, 0.3) is 5.91 Å². The number of anilines is 1. The van der Waals surface area contributed by atoms with E-state index in [0.29, 0.717) is 11.1 Å². The minimum Gasteiger partial charge on any atom is -0.305 e. The largest absolute Gasteiger partial charge is 0.417 e. The van der Waals surface area contributed by atoms with Gasteiger partial charge in [0.15, 0.2) is 5.78 Å². The van der Waals surface area contributed by atoms with Crippen molar-refractivity contribution in [3.05, 3.63) is 75.8 Å². The Hall–Kier alpha value is -2.85. The molecule has 1 aliphatic rings. The maximum Gasteiger partial charge on any atom is 0.417 e. The minimum atomic E-state index is -4.59. The molecule has 6 nitrogen and oxygen atoms in total. The Kier molecular flexibility index (Phi) is 6.90. The second-order valence-electron chi connectivity index (χ2n) is 7.74. The van der Waals surface area contributed by atoms with E-state index in [4.69, 9.17) is 11.6 Å². The van der Waals surface area contributed by atoms with Gasteiger partial charge in [-0.2, -0.15) is 31.8 Å². The third-order valence-corrected chi connectivity index (χ3v) is 5.61. The third kappa shape index (κ3) is 4.77. The molecular weight excluding hydrogens is 477 g/mol. The number of carbonyl (C=O) groups is 2. The number of alkyl halides is 3. The number of pyridine rings is 1. The topological polar surface area (TPSA) is 68.1 Å². The van der Waals surface area contributed by atoms with Crippen molar-refractivity contribution in [1.29, 1.82) is 0 Å². The molecule has 0 saturated heterocycles. The molecule has 1 aliphatic heterocycles. The fourth-order valence-electron chi connectivity index (χ4n) is 3.76. The summed E-state index contributed by atoms with van der Waals surface area (Å²) in [5, 5.41) is 3.78. The minimum absolute atomic E-state index is 0. The first-order chi connectivity index (χ1) is 15.1. The quantitative estimate of drug-likeness (QED) is 0.476. The molecular formula is C22H20ClF3N4O2S. The van der Waals surface area contributed by atoms with Gasteiger partial charge in [-0.05, 0) is 43.7 Å². The molecule has 1 atom stereocenters. The van der Waals surface area contributed by atoms with E-state index in [2.05, 4.69) is 10.1 Å². The second kappa shape index (κ2) is 9.18. The summed E-state index contributed by atoms with van der Waals surface area (Å²) in [5.74, 6) is -0.672. The van der Waals surface area contributed by atoms with Gasteiger partial charge in [0.1, 0.15) is 5.69 Å². The monoisotopic (exact) mass is 496 g/mol. The van der Waals surface area contributed by atoms with Gasteiger partial charge in [-0.3, -0.25) is 19.3 Å². The Morgan fingerprint density at radius 3 is 2.58 bits per heavy atom. The molecule has 174 valence electrons. The predicted molar refractivity (Wildman–Crippen MR) is 122 cm³/mol. The number of Topliss-reactive ketones (excluding diaryl/α,β-unsaturated/α-hetero) is 1. The van der Waals surface area contributed by atoms with Crippen molar-refractivity contribution in [2.24, 2.45) is 0 Å². The third-order valence-electron chi connectivity index (χ3n) is 5.30. The molecule has 0 N–H and O–H groups in total. The van der Waals surface area contributed by atoms with Crippen LogP contribution in [0.4, 0.5) is 18.9 Å². The SMILES string of the molecule is Cc1cncc(C(=O)Cc2cnn3c2C(=O)N(c2ccc(C(F)(F)F)c(Cl)c2)C[C@@H]3C)c1.S. The average Bonchev–Trinajstić information content (AvgIpc) is 3.14. The van der Waals surface area contributed by atoms with Crippen LogP contribution in [-0.4, -0.2) is 33.0 Å². The van der Waals surface area contributed by atoms with Gasteiger partial charge in [0.05, 0.1) is 22.8 Å². The van der Waals surface area contributed by atoms with Crippen molar-refractivity contribution in [1.82, 2.24) is 14.8 Å². The molecule has 0 bridgehead atoms. The number of fused-ring (bicyclic) bond motifs is 1. The standard InChI is InChI=1S/C22H18ClF3N4O2.H2S/c1-12-5-14(9-27-8-12)19(31)6-15-10-28-30-13(2)11-29(21(32)20(15)30)16-3-4-17(18(23)7-16)22(24,25)26;/h3-5,7-10,13H,6,11H2,1-2H3;1H2/t13-;/m0./s1. The first-order valence-corrected chi connectivity index (χ1v) is 10.1.